The molecule has 7 heteroatoms. The molecule has 2 rings (SSSR count). The van der Waals surface area contributed by atoms with E-state index in [1.807, 2.05) is 0 Å². The number of urea groups is 1. The predicted molar refractivity (Wildman–Crippen MR) is 76.2 cm³/mol. The van der Waals surface area contributed by atoms with Gasteiger partial charge in [-0.2, -0.15) is 0 Å². The molecule has 0 saturated carbocycles. The van der Waals surface area contributed by atoms with Crippen molar-refractivity contribution in [2.45, 2.75) is 25.9 Å². The van der Waals surface area contributed by atoms with Crippen LogP contribution >= 0.6 is 0 Å². The third-order valence-corrected chi connectivity index (χ3v) is 3.76. The number of rotatable bonds is 3. The van der Waals surface area contributed by atoms with E-state index in [0.29, 0.717) is 13.1 Å². The quantitative estimate of drug-likeness (QED) is 0.781. The molecule has 0 aromatic carbocycles. The predicted octanol–water partition coefficient (Wildman–Crippen LogP) is 1.40. The molecular formula is C14H19N3O4. The Morgan fingerprint density at radius 3 is 2.67 bits per heavy atom. The van der Waals surface area contributed by atoms with Crippen LogP contribution in [0.15, 0.2) is 18.3 Å². The van der Waals surface area contributed by atoms with E-state index in [9.17, 15) is 14.7 Å². The molecule has 1 aromatic rings. The normalized spacial score (nSPS) is 17.3. The molecule has 1 aliphatic heterocycles. The summed E-state index contributed by atoms with van der Waals surface area (Å²) in [6.45, 7) is 2.85. The van der Waals surface area contributed by atoms with Gasteiger partial charge in [-0.25, -0.2) is 14.6 Å². The first-order valence-electron chi connectivity index (χ1n) is 6.91. The Morgan fingerprint density at radius 1 is 1.43 bits per heavy atom. The molecule has 1 unspecified atom stereocenters. The Morgan fingerprint density at radius 2 is 2.10 bits per heavy atom. The molecule has 1 aliphatic rings. The lowest BCUT2D eigenvalue weighted by Crippen LogP contribution is -2.43. The van der Waals surface area contributed by atoms with Crippen LogP contribution in [0.2, 0.25) is 0 Å². The number of nitrogens with one attached hydrogen (secondary N) is 1. The van der Waals surface area contributed by atoms with Crippen molar-refractivity contribution in [2.24, 2.45) is 5.92 Å². The summed E-state index contributed by atoms with van der Waals surface area (Å²) < 4.78 is 0. The zero-order valence-corrected chi connectivity index (χ0v) is 11.8. The van der Waals surface area contributed by atoms with Crippen LogP contribution in [-0.4, -0.2) is 51.3 Å². The Bertz CT molecular complexity index is 525. The van der Waals surface area contributed by atoms with E-state index < -0.39 is 5.97 Å². The van der Waals surface area contributed by atoms with Crippen LogP contribution in [-0.2, 0) is 0 Å². The smallest absolute Gasteiger partial charge is 0.356 e. The summed E-state index contributed by atoms with van der Waals surface area (Å²) in [6.07, 6.45) is 2.48. The zero-order chi connectivity index (χ0) is 15.4. The van der Waals surface area contributed by atoms with E-state index in [1.54, 1.807) is 17.9 Å². The van der Waals surface area contributed by atoms with Crippen molar-refractivity contribution in [3.63, 3.8) is 0 Å². The number of amides is 2. The molecule has 0 radical (unpaired) electrons. The van der Waals surface area contributed by atoms with Crippen LogP contribution in [0.1, 0.15) is 30.3 Å². The first kappa shape index (κ1) is 15.2. The maximum Gasteiger partial charge on any atom is 0.356 e. The molecule has 0 spiro atoms. The molecule has 1 aromatic heterocycles. The van der Waals surface area contributed by atoms with Crippen molar-refractivity contribution < 1.29 is 19.8 Å². The van der Waals surface area contributed by atoms with Gasteiger partial charge in [0.1, 0.15) is 0 Å². The molecule has 2 amide bonds. The molecule has 0 aliphatic carbocycles. The summed E-state index contributed by atoms with van der Waals surface area (Å²) >= 11 is 0. The fraction of sp³-hybridized carbons (Fsp3) is 0.500. The summed E-state index contributed by atoms with van der Waals surface area (Å²) in [4.78, 5) is 28.6. The van der Waals surface area contributed by atoms with E-state index in [2.05, 4.69) is 10.3 Å². The van der Waals surface area contributed by atoms with Gasteiger partial charge in [0.25, 0.3) is 0 Å². The average Bonchev–Trinajstić information content (AvgIpc) is 2.47. The number of hydrogen-bond acceptors (Lipinski definition) is 4. The number of carboxylic acids is 1. The standard InChI is InChI=1S/C14H19N3O4/c1-9(18)10-4-7-17(8-5-10)14(21)16-11-3-2-6-15-12(11)13(19)20/h2-3,6,9-10,18H,4-5,7-8H2,1H3,(H,16,21)(H,19,20). The maximum absolute atomic E-state index is 12.2. The van der Waals surface area contributed by atoms with Gasteiger partial charge in [-0.3, -0.25) is 0 Å². The molecule has 21 heavy (non-hydrogen) atoms. The summed E-state index contributed by atoms with van der Waals surface area (Å²) in [5.74, 6) is -0.972. The minimum absolute atomic E-state index is 0.176. The molecule has 7 nitrogen and oxygen atoms in total. The van der Waals surface area contributed by atoms with Crippen LogP contribution in [0, 0.1) is 5.92 Å². The van der Waals surface area contributed by atoms with Crippen LogP contribution in [0.4, 0.5) is 10.5 Å². The average molecular weight is 293 g/mol. The Kier molecular flexibility index (Phi) is 4.74. The maximum atomic E-state index is 12.2. The second-order valence-corrected chi connectivity index (χ2v) is 5.20. The van der Waals surface area contributed by atoms with Crippen LogP contribution in [0.3, 0.4) is 0 Å². The zero-order valence-electron chi connectivity index (χ0n) is 11.8. The minimum atomic E-state index is -1.18. The number of anilines is 1. The Balaban J connectivity index is 1.98. The summed E-state index contributed by atoms with van der Waals surface area (Å²) in [5, 5.41) is 21.2. The monoisotopic (exact) mass is 293 g/mol. The summed E-state index contributed by atoms with van der Waals surface area (Å²) in [5.41, 5.74) is 0.0115. The summed E-state index contributed by atoms with van der Waals surface area (Å²) in [6, 6.07) is 2.74. The number of aromatic nitrogens is 1. The molecule has 114 valence electrons. The second kappa shape index (κ2) is 6.53. The van der Waals surface area contributed by atoms with Crippen LogP contribution < -0.4 is 5.32 Å². The topological polar surface area (TPSA) is 103 Å². The lowest BCUT2D eigenvalue weighted by Gasteiger charge is -2.33. The third kappa shape index (κ3) is 3.69. The van der Waals surface area contributed by atoms with Crippen LogP contribution in [0.25, 0.3) is 0 Å². The number of carboxylic acid groups (broad SMARTS) is 1. The van der Waals surface area contributed by atoms with Crippen molar-refractivity contribution in [1.29, 1.82) is 0 Å². The molecule has 1 fully saturated rings. The molecule has 1 atom stereocenters. The van der Waals surface area contributed by atoms with Gasteiger partial charge in [0, 0.05) is 19.3 Å². The molecule has 2 heterocycles. The van der Waals surface area contributed by atoms with Crippen molar-refractivity contribution >= 4 is 17.7 Å². The van der Waals surface area contributed by atoms with Gasteiger partial charge in [-0.15, -0.1) is 0 Å². The van der Waals surface area contributed by atoms with E-state index in [-0.39, 0.29) is 29.4 Å². The van der Waals surface area contributed by atoms with Gasteiger partial charge < -0.3 is 20.4 Å². The third-order valence-electron chi connectivity index (χ3n) is 3.76. The number of aromatic carboxylic acids is 1. The van der Waals surface area contributed by atoms with Gasteiger partial charge in [-0.05, 0) is 37.8 Å². The highest BCUT2D eigenvalue weighted by molar-refractivity contribution is 5.98. The number of nitrogens with zero attached hydrogens (tertiary/aromatic N) is 2. The first-order valence-corrected chi connectivity index (χ1v) is 6.91. The van der Waals surface area contributed by atoms with Crippen molar-refractivity contribution in [3.8, 4) is 0 Å². The molecule has 0 bridgehead atoms. The number of carbonyl (C=O) groups excluding carboxylic acids is 1. The van der Waals surface area contributed by atoms with Gasteiger partial charge in [0.2, 0.25) is 0 Å². The first-order chi connectivity index (χ1) is 9.99. The highest BCUT2D eigenvalue weighted by Crippen LogP contribution is 2.21. The lowest BCUT2D eigenvalue weighted by atomic mass is 9.92. The summed E-state index contributed by atoms with van der Waals surface area (Å²) in [7, 11) is 0. The highest BCUT2D eigenvalue weighted by Gasteiger charge is 2.26. The van der Waals surface area contributed by atoms with Gasteiger partial charge >= 0.3 is 12.0 Å². The number of hydrogen-bond donors (Lipinski definition) is 3. The minimum Gasteiger partial charge on any atom is -0.476 e. The Hall–Kier alpha value is -2.15. The van der Waals surface area contributed by atoms with Gasteiger partial charge in [0.15, 0.2) is 5.69 Å². The number of piperidine rings is 1. The van der Waals surface area contributed by atoms with Crippen molar-refractivity contribution in [2.75, 3.05) is 18.4 Å². The van der Waals surface area contributed by atoms with Gasteiger partial charge in [-0.1, -0.05) is 0 Å². The van der Waals surface area contributed by atoms with Crippen molar-refractivity contribution in [1.82, 2.24) is 9.88 Å². The lowest BCUT2D eigenvalue weighted by molar-refractivity contribution is 0.0691. The fourth-order valence-electron chi connectivity index (χ4n) is 2.46. The highest BCUT2D eigenvalue weighted by atomic mass is 16.4. The SMILES string of the molecule is CC(O)C1CCN(C(=O)Nc2cccnc2C(=O)O)CC1. The number of carbonyl (C=O) groups is 2. The van der Waals surface area contributed by atoms with Crippen molar-refractivity contribution in [3.05, 3.63) is 24.0 Å². The number of pyridine rings is 1. The largest absolute Gasteiger partial charge is 0.476 e. The van der Waals surface area contributed by atoms with E-state index in [1.165, 1.54) is 12.3 Å². The second-order valence-electron chi connectivity index (χ2n) is 5.20. The molecule has 1 saturated heterocycles. The van der Waals surface area contributed by atoms with E-state index >= 15 is 0 Å². The number of likely N-dealkylation sites (tertiary alicyclic amines) is 1. The number of aliphatic hydroxyl groups is 1. The Labute approximate surface area is 122 Å². The molecular weight excluding hydrogens is 274 g/mol. The van der Waals surface area contributed by atoms with E-state index in [4.69, 9.17) is 5.11 Å². The van der Waals surface area contributed by atoms with Gasteiger partial charge in [0.05, 0.1) is 11.8 Å². The van der Waals surface area contributed by atoms with Crippen LogP contribution in [0.5, 0.6) is 0 Å². The van der Waals surface area contributed by atoms with E-state index in [0.717, 1.165) is 12.8 Å². The number of aliphatic hydroxyl groups excluding tert-OH is 1. The molecule has 3 N–H and O–H groups in total. The fourth-order valence-corrected chi connectivity index (χ4v) is 2.46.